The monoisotopic (exact) mass is 272 g/mol. The molecule has 20 heavy (non-hydrogen) atoms. The molecule has 0 aliphatic rings. The van der Waals surface area contributed by atoms with Crippen molar-refractivity contribution in [2.24, 2.45) is 0 Å². The quantitative estimate of drug-likeness (QED) is 0.786. The Balaban J connectivity index is 1.99. The van der Waals surface area contributed by atoms with Crippen molar-refractivity contribution < 1.29 is 19.8 Å². The molecule has 1 aromatic heterocycles. The summed E-state index contributed by atoms with van der Waals surface area (Å²) >= 11 is 0. The number of rotatable bonds is 4. The van der Waals surface area contributed by atoms with E-state index in [1.165, 1.54) is 30.5 Å². The van der Waals surface area contributed by atoms with E-state index in [9.17, 15) is 14.7 Å². The first-order valence-corrected chi connectivity index (χ1v) is 5.82. The fourth-order valence-corrected chi connectivity index (χ4v) is 1.63. The van der Waals surface area contributed by atoms with Gasteiger partial charge in [0.1, 0.15) is 11.6 Å². The average Bonchev–Trinajstić information content (AvgIpc) is 2.39. The summed E-state index contributed by atoms with van der Waals surface area (Å²) in [6, 6.07) is 9.18. The Morgan fingerprint density at radius 1 is 1.20 bits per heavy atom. The van der Waals surface area contributed by atoms with Crippen molar-refractivity contribution >= 4 is 17.7 Å². The number of carbonyl (C=O) groups is 2. The van der Waals surface area contributed by atoms with E-state index in [4.69, 9.17) is 5.11 Å². The van der Waals surface area contributed by atoms with Gasteiger partial charge in [0.2, 0.25) is 5.91 Å². The Labute approximate surface area is 114 Å². The maximum Gasteiger partial charge on any atom is 0.337 e. The molecule has 2 rings (SSSR count). The van der Waals surface area contributed by atoms with Gasteiger partial charge in [0.15, 0.2) is 0 Å². The number of pyridine rings is 1. The molecule has 0 saturated heterocycles. The molecule has 2 aromatic rings. The standard InChI is InChI=1S/C14H12N2O4/c17-11-3-1-2-9(6-11)7-13(18)16-12-5-4-10(8-15-12)14(19)20/h1-6,8,17H,7H2,(H,19,20)(H,15,16,18). The molecule has 1 heterocycles. The zero-order valence-electron chi connectivity index (χ0n) is 10.4. The number of aromatic carboxylic acids is 1. The third-order valence-corrected chi connectivity index (χ3v) is 2.55. The first-order chi connectivity index (χ1) is 9.54. The molecular weight excluding hydrogens is 260 g/mol. The summed E-state index contributed by atoms with van der Waals surface area (Å²) in [7, 11) is 0. The number of nitrogens with one attached hydrogen (secondary N) is 1. The van der Waals surface area contributed by atoms with Gasteiger partial charge in [-0.2, -0.15) is 0 Å². The first kappa shape index (κ1) is 13.5. The van der Waals surface area contributed by atoms with E-state index in [2.05, 4.69) is 10.3 Å². The SMILES string of the molecule is O=C(Cc1cccc(O)c1)Nc1ccc(C(=O)O)cn1. The molecule has 102 valence electrons. The van der Waals surface area contributed by atoms with Gasteiger partial charge in [0, 0.05) is 6.20 Å². The van der Waals surface area contributed by atoms with E-state index >= 15 is 0 Å². The van der Waals surface area contributed by atoms with E-state index in [0.717, 1.165) is 0 Å². The molecule has 0 saturated carbocycles. The number of aromatic hydroxyl groups is 1. The van der Waals surface area contributed by atoms with Crippen LogP contribution in [-0.4, -0.2) is 27.1 Å². The minimum absolute atomic E-state index is 0.0518. The number of hydrogen-bond donors (Lipinski definition) is 3. The van der Waals surface area contributed by atoms with Gasteiger partial charge >= 0.3 is 5.97 Å². The van der Waals surface area contributed by atoms with Crippen LogP contribution in [0.25, 0.3) is 0 Å². The normalized spacial score (nSPS) is 10.0. The van der Waals surface area contributed by atoms with E-state index in [1.807, 2.05) is 0 Å². The summed E-state index contributed by atoms with van der Waals surface area (Å²) in [5.41, 5.74) is 0.723. The van der Waals surface area contributed by atoms with E-state index in [1.54, 1.807) is 12.1 Å². The van der Waals surface area contributed by atoms with Crippen molar-refractivity contribution in [2.75, 3.05) is 5.32 Å². The molecule has 6 nitrogen and oxygen atoms in total. The Hall–Kier alpha value is -2.89. The van der Waals surface area contributed by atoms with Crippen LogP contribution in [0, 0.1) is 0 Å². The molecule has 3 N–H and O–H groups in total. The number of carboxylic acid groups (broad SMARTS) is 1. The summed E-state index contributed by atoms with van der Waals surface area (Å²) in [5.74, 6) is -0.999. The number of phenols is 1. The molecule has 0 aliphatic heterocycles. The fourth-order valence-electron chi connectivity index (χ4n) is 1.63. The minimum Gasteiger partial charge on any atom is -0.508 e. The highest BCUT2D eigenvalue weighted by atomic mass is 16.4. The van der Waals surface area contributed by atoms with Gasteiger partial charge in [0.05, 0.1) is 12.0 Å². The molecule has 0 atom stereocenters. The zero-order chi connectivity index (χ0) is 14.5. The predicted molar refractivity (Wildman–Crippen MR) is 71.6 cm³/mol. The van der Waals surface area contributed by atoms with Crippen molar-refractivity contribution in [3.63, 3.8) is 0 Å². The second-order valence-electron chi connectivity index (χ2n) is 4.13. The lowest BCUT2D eigenvalue weighted by molar-refractivity contribution is -0.115. The maximum absolute atomic E-state index is 11.8. The molecule has 1 aromatic carbocycles. The maximum atomic E-state index is 11.8. The van der Waals surface area contributed by atoms with E-state index < -0.39 is 5.97 Å². The molecule has 0 unspecified atom stereocenters. The van der Waals surface area contributed by atoms with Crippen LogP contribution in [-0.2, 0) is 11.2 Å². The smallest absolute Gasteiger partial charge is 0.337 e. The lowest BCUT2D eigenvalue weighted by atomic mass is 10.1. The van der Waals surface area contributed by atoms with E-state index in [0.29, 0.717) is 5.56 Å². The van der Waals surface area contributed by atoms with Gasteiger partial charge in [0.25, 0.3) is 0 Å². The largest absolute Gasteiger partial charge is 0.508 e. The number of anilines is 1. The number of hydrogen-bond acceptors (Lipinski definition) is 4. The van der Waals surface area contributed by atoms with Crippen LogP contribution in [0.5, 0.6) is 5.75 Å². The first-order valence-electron chi connectivity index (χ1n) is 5.82. The van der Waals surface area contributed by atoms with Crippen molar-refractivity contribution in [3.05, 3.63) is 53.7 Å². The van der Waals surface area contributed by atoms with E-state index in [-0.39, 0.29) is 29.5 Å². The molecule has 0 aliphatic carbocycles. The van der Waals surface area contributed by atoms with Crippen LogP contribution in [0.1, 0.15) is 15.9 Å². The third-order valence-electron chi connectivity index (χ3n) is 2.55. The van der Waals surface area contributed by atoms with Crippen molar-refractivity contribution in [3.8, 4) is 5.75 Å². The zero-order valence-corrected chi connectivity index (χ0v) is 10.4. The predicted octanol–water partition coefficient (Wildman–Crippen LogP) is 1.67. The number of benzene rings is 1. The highest BCUT2D eigenvalue weighted by molar-refractivity contribution is 5.92. The van der Waals surface area contributed by atoms with Crippen LogP contribution >= 0.6 is 0 Å². The second kappa shape index (κ2) is 5.83. The summed E-state index contributed by atoms with van der Waals surface area (Å²) in [4.78, 5) is 26.3. The number of carboxylic acids is 1. The third kappa shape index (κ3) is 3.55. The lowest BCUT2D eigenvalue weighted by Crippen LogP contribution is -2.15. The number of nitrogens with zero attached hydrogens (tertiary/aromatic N) is 1. The number of aromatic nitrogens is 1. The lowest BCUT2D eigenvalue weighted by Gasteiger charge is -2.05. The molecule has 0 bridgehead atoms. The number of amides is 1. The van der Waals surface area contributed by atoms with Gasteiger partial charge in [-0.25, -0.2) is 9.78 Å². The van der Waals surface area contributed by atoms with Gasteiger partial charge in [-0.3, -0.25) is 4.79 Å². The van der Waals surface area contributed by atoms with Gasteiger partial charge in [-0.15, -0.1) is 0 Å². The summed E-state index contributed by atoms with van der Waals surface area (Å²) in [5, 5.41) is 20.6. The molecule has 0 fully saturated rings. The Kier molecular flexibility index (Phi) is 3.95. The molecule has 0 spiro atoms. The molecular formula is C14H12N2O4. The summed E-state index contributed by atoms with van der Waals surface area (Å²) in [6.07, 6.45) is 1.27. The van der Waals surface area contributed by atoms with Gasteiger partial charge in [-0.1, -0.05) is 12.1 Å². The Bertz CT molecular complexity index is 638. The second-order valence-corrected chi connectivity index (χ2v) is 4.13. The highest BCUT2D eigenvalue weighted by Crippen LogP contribution is 2.12. The van der Waals surface area contributed by atoms with Crippen LogP contribution in [0.3, 0.4) is 0 Å². The van der Waals surface area contributed by atoms with Crippen LogP contribution in [0.4, 0.5) is 5.82 Å². The van der Waals surface area contributed by atoms with Crippen molar-refractivity contribution in [1.82, 2.24) is 4.98 Å². The fraction of sp³-hybridized carbons (Fsp3) is 0.0714. The van der Waals surface area contributed by atoms with Crippen LogP contribution < -0.4 is 5.32 Å². The van der Waals surface area contributed by atoms with Crippen molar-refractivity contribution in [1.29, 1.82) is 0 Å². The number of phenolic OH excluding ortho intramolecular Hbond substituents is 1. The Morgan fingerprint density at radius 3 is 2.60 bits per heavy atom. The van der Waals surface area contributed by atoms with Crippen molar-refractivity contribution in [2.45, 2.75) is 6.42 Å². The van der Waals surface area contributed by atoms with Gasteiger partial charge < -0.3 is 15.5 Å². The number of carbonyl (C=O) groups excluding carboxylic acids is 1. The minimum atomic E-state index is -1.07. The Morgan fingerprint density at radius 2 is 2.00 bits per heavy atom. The summed E-state index contributed by atoms with van der Waals surface area (Å²) in [6.45, 7) is 0. The topological polar surface area (TPSA) is 99.5 Å². The summed E-state index contributed by atoms with van der Waals surface area (Å²) < 4.78 is 0. The van der Waals surface area contributed by atoms with Crippen LogP contribution in [0.15, 0.2) is 42.6 Å². The molecule has 1 amide bonds. The highest BCUT2D eigenvalue weighted by Gasteiger charge is 2.07. The average molecular weight is 272 g/mol. The van der Waals surface area contributed by atoms with Crippen LogP contribution in [0.2, 0.25) is 0 Å². The molecule has 0 radical (unpaired) electrons. The molecule has 6 heteroatoms. The van der Waals surface area contributed by atoms with Gasteiger partial charge in [-0.05, 0) is 29.8 Å².